The third kappa shape index (κ3) is 4.07. The molecule has 3 N–H and O–H groups in total. The fraction of sp³-hybridized carbons (Fsp3) is 0.429. The number of aliphatic hydroxyl groups excluding tert-OH is 2. The Kier molecular flexibility index (Phi) is 6.69. The van der Waals surface area contributed by atoms with Crippen molar-refractivity contribution in [2.24, 2.45) is 4.99 Å². The van der Waals surface area contributed by atoms with Crippen LogP contribution in [0.3, 0.4) is 0 Å². The predicted octanol–water partition coefficient (Wildman–Crippen LogP) is 0.788. The average Bonchev–Trinajstić information content (AvgIpc) is 3.35. The molecular formula is C21H23ClFN5O6. The number of Topliss-reactive ketones (excluding diaryl/α,β-unsaturated/α-hetero) is 1. The van der Waals surface area contributed by atoms with Crippen molar-refractivity contribution in [1.29, 1.82) is 0 Å². The number of nitrogens with one attached hydrogen (secondary N) is 1. The monoisotopic (exact) mass is 495 g/mol. The Morgan fingerprint density at radius 3 is 2.56 bits per heavy atom. The highest BCUT2D eigenvalue weighted by Crippen LogP contribution is 2.41. The molecule has 0 bridgehead atoms. The molecule has 34 heavy (non-hydrogen) atoms. The minimum Gasteiger partial charge on any atom is -0.387 e. The Morgan fingerprint density at radius 2 is 1.97 bits per heavy atom. The number of hydrogen-bond donors (Lipinski definition) is 3. The summed E-state index contributed by atoms with van der Waals surface area (Å²) >= 11 is 6.56. The van der Waals surface area contributed by atoms with Gasteiger partial charge in [0.25, 0.3) is 5.12 Å². The van der Waals surface area contributed by atoms with E-state index in [1.54, 1.807) is 0 Å². The number of ether oxygens (including phenoxy) is 1. The van der Waals surface area contributed by atoms with Crippen LogP contribution in [0.25, 0.3) is 0 Å². The van der Waals surface area contributed by atoms with Crippen molar-refractivity contribution in [2.45, 2.75) is 50.1 Å². The summed E-state index contributed by atoms with van der Waals surface area (Å²) in [5.41, 5.74) is 3.54. The lowest BCUT2D eigenvalue weighted by atomic mass is 10.1. The lowest BCUT2D eigenvalue weighted by Crippen LogP contribution is -2.56. The number of hydroxylamine groups is 1. The van der Waals surface area contributed by atoms with E-state index in [4.69, 9.17) is 21.2 Å². The predicted molar refractivity (Wildman–Crippen MR) is 117 cm³/mol. The van der Waals surface area contributed by atoms with Gasteiger partial charge in [-0.05, 0) is 5.56 Å². The maximum Gasteiger partial charge on any atom is 0.278 e. The highest BCUT2D eigenvalue weighted by atomic mass is 35.5. The Morgan fingerprint density at radius 1 is 1.26 bits per heavy atom. The molecule has 2 aliphatic heterocycles. The Hall–Kier alpha value is -2.90. The second-order valence-corrected chi connectivity index (χ2v) is 8.39. The number of ketones is 1. The third-order valence-electron chi connectivity index (χ3n) is 5.54. The number of alkyl halides is 2. The van der Waals surface area contributed by atoms with E-state index in [1.807, 2.05) is 30.3 Å². The number of aromatic nitrogens is 2. The van der Waals surface area contributed by atoms with Gasteiger partial charge in [0.15, 0.2) is 29.4 Å². The minimum absolute atomic E-state index is 0.0470. The van der Waals surface area contributed by atoms with Crippen LogP contribution in [0.1, 0.15) is 31.3 Å². The van der Waals surface area contributed by atoms with Gasteiger partial charge in [-0.3, -0.25) is 23.9 Å². The standard InChI is InChI=1S/C21H23ClFN5O6/c1-11(29)21(22)25-18(26-33-9-13-6-4-3-5-7-13)15-19(28(21)12(2)30)27(10-24-15)20-17(32)16(31)14(8-23)34-20/h3-7,10,14,16-17,20,31-32H,8-9H2,1-2H3,(H,25,26)/t14-,16?,17?,20-,21?/m1/s1. The summed E-state index contributed by atoms with van der Waals surface area (Å²) in [4.78, 5) is 40.0. The molecule has 11 nitrogen and oxygen atoms in total. The first-order valence-electron chi connectivity index (χ1n) is 10.4. The molecule has 1 fully saturated rings. The fourth-order valence-corrected chi connectivity index (χ4v) is 4.12. The molecular weight excluding hydrogens is 473 g/mol. The number of hydrogen-bond acceptors (Lipinski definition) is 9. The van der Waals surface area contributed by atoms with Crippen LogP contribution >= 0.6 is 11.6 Å². The van der Waals surface area contributed by atoms with Gasteiger partial charge in [0.2, 0.25) is 5.91 Å². The highest BCUT2D eigenvalue weighted by Gasteiger charge is 2.52. The first kappa shape index (κ1) is 24.2. The van der Waals surface area contributed by atoms with Crippen LogP contribution in [-0.4, -0.2) is 67.4 Å². The largest absolute Gasteiger partial charge is 0.387 e. The number of anilines is 1. The Balaban J connectivity index is 1.74. The van der Waals surface area contributed by atoms with Crippen LogP contribution in [-0.2, 0) is 25.8 Å². The number of aliphatic hydroxyl groups is 2. The summed E-state index contributed by atoms with van der Waals surface area (Å²) in [6.07, 6.45) is -4.46. The normalized spacial score (nSPS) is 28.4. The molecule has 0 saturated carbocycles. The van der Waals surface area contributed by atoms with E-state index in [9.17, 15) is 24.2 Å². The number of aliphatic imine (C=N–C) groups is 1. The van der Waals surface area contributed by atoms with Crippen molar-refractivity contribution in [1.82, 2.24) is 15.0 Å². The number of carbonyl (C=O) groups is 2. The number of benzene rings is 1. The molecule has 0 radical (unpaired) electrons. The number of rotatable bonds is 6. The van der Waals surface area contributed by atoms with Gasteiger partial charge in [-0.2, -0.15) is 0 Å². The van der Waals surface area contributed by atoms with Crippen LogP contribution in [0.5, 0.6) is 0 Å². The molecule has 1 amide bonds. The molecule has 3 unspecified atom stereocenters. The number of nitrogens with zero attached hydrogens (tertiary/aromatic N) is 4. The van der Waals surface area contributed by atoms with E-state index in [2.05, 4.69) is 15.5 Å². The lowest BCUT2D eigenvalue weighted by molar-refractivity contribution is -0.124. The zero-order valence-corrected chi connectivity index (χ0v) is 19.0. The van der Waals surface area contributed by atoms with Gasteiger partial charge in [-0.15, -0.1) is 0 Å². The molecule has 182 valence electrons. The van der Waals surface area contributed by atoms with Gasteiger partial charge in [-0.25, -0.2) is 19.8 Å². The van der Waals surface area contributed by atoms with Gasteiger partial charge in [0.1, 0.15) is 25.0 Å². The zero-order valence-electron chi connectivity index (χ0n) is 18.3. The van der Waals surface area contributed by atoms with E-state index in [0.717, 1.165) is 17.4 Å². The number of imidazole rings is 1. The smallest absolute Gasteiger partial charge is 0.278 e. The van der Waals surface area contributed by atoms with E-state index in [-0.39, 0.29) is 24.0 Å². The van der Waals surface area contributed by atoms with E-state index < -0.39 is 48.0 Å². The summed E-state index contributed by atoms with van der Waals surface area (Å²) in [6.45, 7) is 1.42. The second kappa shape index (κ2) is 9.39. The number of halogens is 2. The number of amidine groups is 1. The fourth-order valence-electron chi connectivity index (χ4n) is 3.83. The van der Waals surface area contributed by atoms with Crippen molar-refractivity contribution in [3.05, 3.63) is 47.9 Å². The van der Waals surface area contributed by atoms with Crippen molar-refractivity contribution in [2.75, 3.05) is 11.6 Å². The minimum atomic E-state index is -2.20. The van der Waals surface area contributed by atoms with Gasteiger partial charge in [0, 0.05) is 13.8 Å². The lowest BCUT2D eigenvalue weighted by Gasteiger charge is -2.38. The van der Waals surface area contributed by atoms with Crippen molar-refractivity contribution >= 4 is 34.9 Å². The molecule has 5 atom stereocenters. The van der Waals surface area contributed by atoms with E-state index >= 15 is 0 Å². The molecule has 13 heteroatoms. The van der Waals surface area contributed by atoms with Gasteiger partial charge in [0.05, 0.1) is 12.9 Å². The quantitative estimate of drug-likeness (QED) is 0.304. The summed E-state index contributed by atoms with van der Waals surface area (Å²) in [5, 5.41) is 18.4. The van der Waals surface area contributed by atoms with Crippen molar-refractivity contribution < 1.29 is 33.8 Å². The Bertz CT molecular complexity index is 1110. The molecule has 0 spiro atoms. The summed E-state index contributed by atoms with van der Waals surface area (Å²) in [6, 6.07) is 9.22. The van der Waals surface area contributed by atoms with Crippen molar-refractivity contribution in [3.8, 4) is 0 Å². The molecule has 0 aliphatic carbocycles. The molecule has 1 aromatic carbocycles. The average molecular weight is 496 g/mol. The number of carbonyl (C=O) groups excluding carboxylic acids is 2. The first-order chi connectivity index (χ1) is 16.2. The van der Waals surface area contributed by atoms with E-state index in [1.165, 1.54) is 17.8 Å². The highest BCUT2D eigenvalue weighted by molar-refractivity contribution is 6.40. The third-order valence-corrected chi connectivity index (χ3v) is 6.06. The molecule has 1 saturated heterocycles. The summed E-state index contributed by atoms with van der Waals surface area (Å²) in [7, 11) is 0. The summed E-state index contributed by atoms with van der Waals surface area (Å²) < 4.78 is 19.9. The van der Waals surface area contributed by atoms with Gasteiger partial charge in [-0.1, -0.05) is 41.9 Å². The molecule has 2 aliphatic rings. The zero-order chi connectivity index (χ0) is 24.6. The molecule has 2 aromatic rings. The molecule has 3 heterocycles. The number of fused-ring (bicyclic) bond motifs is 1. The van der Waals surface area contributed by atoms with Crippen molar-refractivity contribution in [3.63, 3.8) is 0 Å². The van der Waals surface area contributed by atoms with Gasteiger partial charge < -0.3 is 14.9 Å². The second-order valence-electron chi connectivity index (χ2n) is 7.86. The first-order valence-corrected chi connectivity index (χ1v) is 10.7. The van der Waals surface area contributed by atoms with Crippen LogP contribution in [0.4, 0.5) is 10.2 Å². The van der Waals surface area contributed by atoms with Crippen LogP contribution in [0, 0.1) is 0 Å². The van der Waals surface area contributed by atoms with Crippen LogP contribution < -0.4 is 10.4 Å². The van der Waals surface area contributed by atoms with Crippen LogP contribution in [0.15, 0.2) is 41.7 Å². The van der Waals surface area contributed by atoms with Crippen LogP contribution in [0.2, 0.25) is 0 Å². The topological polar surface area (TPSA) is 139 Å². The SMILES string of the molecule is CC(=O)N1c2c(ncn2[C@@H]2O[C@H](CF)C(O)C2O)C(NOCc2ccccc2)=NC1(Cl)C(C)=O. The van der Waals surface area contributed by atoms with E-state index in [0.29, 0.717) is 0 Å². The molecule has 4 rings (SSSR count). The maximum absolute atomic E-state index is 13.3. The Labute approximate surface area is 198 Å². The maximum atomic E-state index is 13.3. The summed E-state index contributed by atoms with van der Waals surface area (Å²) in [5.74, 6) is -1.44. The number of amides is 1. The molecule has 1 aromatic heterocycles. The van der Waals surface area contributed by atoms with Gasteiger partial charge >= 0.3 is 0 Å².